The summed E-state index contributed by atoms with van der Waals surface area (Å²) in [6.07, 6.45) is 5.35. The van der Waals surface area contributed by atoms with Crippen molar-refractivity contribution < 1.29 is 5.11 Å². The molecule has 0 amide bonds. The van der Waals surface area contributed by atoms with E-state index in [0.717, 1.165) is 11.3 Å². The lowest BCUT2D eigenvalue weighted by Crippen LogP contribution is -2.16. The van der Waals surface area contributed by atoms with E-state index in [1.165, 1.54) is 0 Å². The molecule has 0 aliphatic carbocycles. The van der Waals surface area contributed by atoms with Crippen LogP contribution in [0.1, 0.15) is 45.1 Å². The van der Waals surface area contributed by atoms with Crippen LogP contribution in [0.25, 0.3) is 5.52 Å². The molecule has 2 rings (SSSR count). The fraction of sp³-hybridized carbons (Fsp3) is 0.500. The van der Waals surface area contributed by atoms with Crippen LogP contribution >= 0.6 is 0 Å². The van der Waals surface area contributed by atoms with Crippen molar-refractivity contribution in [2.24, 2.45) is 0 Å². The van der Waals surface area contributed by atoms with Gasteiger partial charge >= 0.3 is 0 Å². The maximum absolute atomic E-state index is 10.1. The van der Waals surface area contributed by atoms with E-state index in [1.54, 1.807) is 26.2 Å². The Labute approximate surface area is 95.0 Å². The van der Waals surface area contributed by atoms with Crippen molar-refractivity contribution in [3.63, 3.8) is 0 Å². The van der Waals surface area contributed by atoms with Gasteiger partial charge in [0.15, 0.2) is 0 Å². The molecule has 0 bridgehead atoms. The van der Waals surface area contributed by atoms with Gasteiger partial charge < -0.3 is 9.51 Å². The lowest BCUT2D eigenvalue weighted by Gasteiger charge is -2.14. The number of fused-ring (bicyclic) bond motifs is 1. The minimum absolute atomic E-state index is 0.311. The van der Waals surface area contributed by atoms with Gasteiger partial charge in [-0.1, -0.05) is 13.8 Å². The van der Waals surface area contributed by atoms with Crippen LogP contribution in [0, 0.1) is 0 Å². The third kappa shape index (κ3) is 1.69. The third-order valence-electron chi connectivity index (χ3n) is 2.57. The van der Waals surface area contributed by atoms with Crippen LogP contribution in [-0.4, -0.2) is 19.5 Å². The van der Waals surface area contributed by atoms with Gasteiger partial charge in [-0.05, 0) is 13.8 Å². The molecular weight excluding hydrogens is 202 g/mol. The van der Waals surface area contributed by atoms with Gasteiger partial charge in [0.2, 0.25) is 0 Å². The van der Waals surface area contributed by atoms with Crippen LogP contribution in [0.2, 0.25) is 0 Å². The first kappa shape index (κ1) is 11.1. The molecule has 0 fully saturated rings. The average Bonchev–Trinajstić information content (AvgIpc) is 2.56. The highest BCUT2D eigenvalue weighted by Gasteiger charge is 2.25. The predicted octanol–water partition coefficient (Wildman–Crippen LogP) is 2.08. The zero-order chi connectivity index (χ0) is 11.9. The van der Waals surface area contributed by atoms with Crippen LogP contribution < -0.4 is 0 Å². The highest BCUT2D eigenvalue weighted by atomic mass is 16.3. The van der Waals surface area contributed by atoms with Crippen molar-refractivity contribution in [3.05, 3.63) is 30.1 Å². The Morgan fingerprint density at radius 1 is 1.38 bits per heavy atom. The number of aliphatic hydroxyl groups is 1. The lowest BCUT2D eigenvalue weighted by molar-refractivity contribution is 0.0757. The second-order valence-electron chi connectivity index (χ2n) is 4.86. The first-order chi connectivity index (χ1) is 7.41. The summed E-state index contributed by atoms with van der Waals surface area (Å²) < 4.78 is 1.99. The molecule has 86 valence electrons. The van der Waals surface area contributed by atoms with Gasteiger partial charge in [0.1, 0.15) is 11.4 Å². The number of hydrogen-bond donors (Lipinski definition) is 1. The quantitative estimate of drug-likeness (QED) is 0.841. The molecule has 4 heteroatoms. The summed E-state index contributed by atoms with van der Waals surface area (Å²) >= 11 is 0. The molecule has 0 atom stereocenters. The van der Waals surface area contributed by atoms with Gasteiger partial charge in [0.25, 0.3) is 0 Å². The molecule has 1 N–H and O–H groups in total. The second-order valence-corrected chi connectivity index (χ2v) is 4.86. The summed E-state index contributed by atoms with van der Waals surface area (Å²) in [5.74, 6) is 1.26. The summed E-state index contributed by atoms with van der Waals surface area (Å²) in [5.41, 5.74) is 0.615. The number of rotatable bonds is 2. The zero-order valence-corrected chi connectivity index (χ0v) is 10.1. The molecule has 2 heterocycles. The summed E-state index contributed by atoms with van der Waals surface area (Å²) in [6, 6.07) is 0. The van der Waals surface area contributed by atoms with Gasteiger partial charge in [0, 0.05) is 18.3 Å². The molecule has 0 aliphatic heterocycles. The van der Waals surface area contributed by atoms with Gasteiger partial charge in [-0.3, -0.25) is 4.98 Å². The maximum atomic E-state index is 10.1. The van der Waals surface area contributed by atoms with E-state index in [2.05, 4.69) is 23.8 Å². The predicted molar refractivity (Wildman–Crippen MR) is 62.3 cm³/mol. The topological polar surface area (TPSA) is 50.4 Å². The van der Waals surface area contributed by atoms with Crippen molar-refractivity contribution in [1.82, 2.24) is 14.4 Å². The van der Waals surface area contributed by atoms with Crippen molar-refractivity contribution in [3.8, 4) is 0 Å². The van der Waals surface area contributed by atoms with Gasteiger partial charge in [-0.2, -0.15) is 0 Å². The highest BCUT2D eigenvalue weighted by molar-refractivity contribution is 5.53. The summed E-state index contributed by atoms with van der Waals surface area (Å²) in [5, 5.41) is 10.1. The molecular formula is C12H17N3O. The Morgan fingerprint density at radius 2 is 2.06 bits per heavy atom. The molecule has 16 heavy (non-hydrogen) atoms. The minimum Gasteiger partial charge on any atom is -0.384 e. The van der Waals surface area contributed by atoms with Crippen molar-refractivity contribution >= 4 is 5.52 Å². The van der Waals surface area contributed by atoms with Crippen LogP contribution in [-0.2, 0) is 5.60 Å². The van der Waals surface area contributed by atoms with E-state index in [1.807, 2.05) is 10.6 Å². The monoisotopic (exact) mass is 219 g/mol. The number of imidazole rings is 1. The van der Waals surface area contributed by atoms with Crippen molar-refractivity contribution in [2.45, 2.75) is 39.2 Å². The molecule has 0 saturated heterocycles. The summed E-state index contributed by atoms with van der Waals surface area (Å²) in [6.45, 7) is 7.66. The van der Waals surface area contributed by atoms with Crippen molar-refractivity contribution in [1.29, 1.82) is 0 Å². The Morgan fingerprint density at radius 3 is 2.62 bits per heavy atom. The fourth-order valence-electron chi connectivity index (χ4n) is 1.82. The molecule has 4 nitrogen and oxygen atoms in total. The SMILES string of the molecule is CC(C)c1nc(C(C)(C)O)c2cnccn12. The smallest absolute Gasteiger partial charge is 0.116 e. The van der Waals surface area contributed by atoms with Gasteiger partial charge in [-0.15, -0.1) is 0 Å². The van der Waals surface area contributed by atoms with Crippen molar-refractivity contribution in [2.75, 3.05) is 0 Å². The average molecular weight is 219 g/mol. The van der Waals surface area contributed by atoms with Gasteiger partial charge in [-0.25, -0.2) is 4.98 Å². The zero-order valence-electron chi connectivity index (χ0n) is 10.1. The third-order valence-corrected chi connectivity index (χ3v) is 2.57. The van der Waals surface area contributed by atoms with E-state index >= 15 is 0 Å². The Bertz CT molecular complexity index is 508. The minimum atomic E-state index is -0.943. The molecule has 0 aromatic carbocycles. The van der Waals surface area contributed by atoms with E-state index < -0.39 is 5.60 Å². The van der Waals surface area contributed by atoms with Crippen LogP contribution in [0.5, 0.6) is 0 Å². The maximum Gasteiger partial charge on any atom is 0.116 e. The molecule has 0 spiro atoms. The van der Waals surface area contributed by atoms with Crippen LogP contribution in [0.4, 0.5) is 0 Å². The molecule has 0 saturated carbocycles. The molecule has 2 aromatic rings. The standard InChI is InChI=1S/C12H17N3O/c1-8(2)11-14-10(12(3,4)16)9-7-13-5-6-15(9)11/h5-8,16H,1-4H3. The highest BCUT2D eigenvalue weighted by Crippen LogP contribution is 2.26. The molecule has 0 unspecified atom stereocenters. The van der Waals surface area contributed by atoms with E-state index in [4.69, 9.17) is 0 Å². The summed E-state index contributed by atoms with van der Waals surface area (Å²) in [4.78, 5) is 8.62. The van der Waals surface area contributed by atoms with E-state index in [0.29, 0.717) is 11.6 Å². The fourth-order valence-corrected chi connectivity index (χ4v) is 1.82. The first-order valence-electron chi connectivity index (χ1n) is 5.46. The number of aromatic nitrogens is 3. The second kappa shape index (κ2) is 3.56. The molecule has 2 aromatic heterocycles. The number of nitrogens with zero attached hydrogens (tertiary/aromatic N) is 3. The van der Waals surface area contributed by atoms with Gasteiger partial charge in [0.05, 0.1) is 17.4 Å². The lowest BCUT2D eigenvalue weighted by atomic mass is 10.1. The normalized spacial score (nSPS) is 12.6. The first-order valence-corrected chi connectivity index (χ1v) is 5.46. The van der Waals surface area contributed by atoms with Crippen LogP contribution in [0.3, 0.4) is 0 Å². The van der Waals surface area contributed by atoms with Crippen LogP contribution in [0.15, 0.2) is 18.6 Å². The number of hydrogen-bond acceptors (Lipinski definition) is 3. The Hall–Kier alpha value is -1.42. The molecule has 0 radical (unpaired) electrons. The van der Waals surface area contributed by atoms with E-state index in [9.17, 15) is 5.11 Å². The Kier molecular flexibility index (Phi) is 2.46. The Balaban J connectivity index is 2.77. The summed E-state index contributed by atoms with van der Waals surface area (Å²) in [7, 11) is 0. The largest absolute Gasteiger partial charge is 0.384 e. The van der Waals surface area contributed by atoms with E-state index in [-0.39, 0.29) is 0 Å². The molecule has 0 aliphatic rings.